The Morgan fingerprint density at radius 1 is 0.294 bits per heavy atom. The number of hydrogen-bond donors (Lipinski definition) is 0. The molecule has 0 aliphatic heterocycles. The predicted molar refractivity (Wildman–Crippen MR) is 215 cm³/mol. The molecule has 8 aromatic carbocycles. The molecular formula is C49H32N2. The number of aromatic nitrogens is 1. The molecule has 1 aliphatic carbocycles. The quantitative estimate of drug-likeness (QED) is 0.178. The van der Waals surface area contributed by atoms with E-state index in [0.717, 1.165) is 17.1 Å². The topological polar surface area (TPSA) is 16.1 Å². The third-order valence-corrected chi connectivity index (χ3v) is 10.3. The van der Waals surface area contributed by atoms with Gasteiger partial charge >= 0.3 is 0 Å². The Morgan fingerprint density at radius 2 is 0.765 bits per heavy atom. The molecule has 0 bridgehead atoms. The molecule has 0 amide bonds. The molecule has 1 aromatic heterocycles. The second kappa shape index (κ2) is 12.0. The molecule has 0 atom stereocenters. The van der Waals surface area contributed by atoms with E-state index in [-0.39, 0.29) is 0 Å². The summed E-state index contributed by atoms with van der Waals surface area (Å²) in [6, 6.07) is 65.9. The number of nitrogens with zero attached hydrogens (tertiary/aromatic N) is 2. The first-order valence-corrected chi connectivity index (χ1v) is 17.5. The van der Waals surface area contributed by atoms with Gasteiger partial charge in [-0.3, -0.25) is 4.98 Å². The summed E-state index contributed by atoms with van der Waals surface area (Å²) in [7, 11) is 0. The first kappa shape index (κ1) is 29.2. The lowest BCUT2D eigenvalue weighted by molar-refractivity contribution is 1.24. The molecule has 51 heavy (non-hydrogen) atoms. The average Bonchev–Trinajstić information content (AvgIpc) is 3.54. The van der Waals surface area contributed by atoms with E-state index in [4.69, 9.17) is 0 Å². The van der Waals surface area contributed by atoms with Gasteiger partial charge in [0.05, 0.1) is 0 Å². The molecule has 0 fully saturated rings. The molecule has 0 unspecified atom stereocenters. The minimum Gasteiger partial charge on any atom is -0.310 e. The second-order valence-corrected chi connectivity index (χ2v) is 13.1. The molecule has 0 saturated carbocycles. The van der Waals surface area contributed by atoms with E-state index in [9.17, 15) is 0 Å². The number of anilines is 3. The maximum atomic E-state index is 4.27. The highest BCUT2D eigenvalue weighted by atomic mass is 15.1. The van der Waals surface area contributed by atoms with Crippen molar-refractivity contribution in [3.8, 4) is 55.6 Å². The fraction of sp³-hybridized carbons (Fsp3) is 0. The predicted octanol–water partition coefficient (Wildman–Crippen LogP) is 13.5. The summed E-state index contributed by atoms with van der Waals surface area (Å²) in [4.78, 5) is 6.54. The van der Waals surface area contributed by atoms with Crippen LogP contribution in [-0.2, 0) is 0 Å². The number of hydrogen-bond acceptors (Lipinski definition) is 2. The van der Waals surface area contributed by atoms with E-state index in [2.05, 4.69) is 192 Å². The van der Waals surface area contributed by atoms with Gasteiger partial charge in [-0.05, 0) is 114 Å². The molecule has 2 heteroatoms. The van der Waals surface area contributed by atoms with E-state index < -0.39 is 0 Å². The number of para-hydroxylation sites is 1. The monoisotopic (exact) mass is 648 g/mol. The number of pyridine rings is 1. The molecular weight excluding hydrogens is 617 g/mol. The molecule has 10 rings (SSSR count). The van der Waals surface area contributed by atoms with Gasteiger partial charge in [0.2, 0.25) is 0 Å². The Labute approximate surface area is 297 Å². The minimum absolute atomic E-state index is 1.07. The number of rotatable bonds is 6. The first-order chi connectivity index (χ1) is 25.3. The van der Waals surface area contributed by atoms with Crippen LogP contribution in [-0.4, -0.2) is 4.98 Å². The van der Waals surface area contributed by atoms with Gasteiger partial charge in [-0.25, -0.2) is 0 Å². The summed E-state index contributed by atoms with van der Waals surface area (Å²) in [5.41, 5.74) is 16.0. The summed E-state index contributed by atoms with van der Waals surface area (Å²) < 4.78 is 0. The maximum absolute atomic E-state index is 4.27. The van der Waals surface area contributed by atoms with E-state index in [1.807, 2.05) is 12.4 Å². The van der Waals surface area contributed by atoms with Gasteiger partial charge in [-0.2, -0.15) is 0 Å². The molecule has 0 saturated heterocycles. The van der Waals surface area contributed by atoms with Crippen LogP contribution in [0.3, 0.4) is 0 Å². The molecule has 238 valence electrons. The van der Waals surface area contributed by atoms with Crippen LogP contribution in [0.2, 0.25) is 0 Å². The van der Waals surface area contributed by atoms with E-state index >= 15 is 0 Å². The third kappa shape index (κ3) is 4.69. The minimum atomic E-state index is 1.07. The lowest BCUT2D eigenvalue weighted by Gasteiger charge is -2.25. The standard InChI is InChI=1S/C49H32N2/c1-4-13-34(14-5-1)45-41-19-10-11-20-42(41)46(35-15-6-2-7-16-35)49-44-28-27-39(40-21-12-22-43(47(40)44)48(45)49)33-23-25-37(26-24-33)51(36-17-8-3-9-18-36)38-29-31-50-32-30-38/h1-32H. The van der Waals surface area contributed by atoms with Crippen molar-refractivity contribution < 1.29 is 0 Å². The van der Waals surface area contributed by atoms with Crippen LogP contribution in [0.15, 0.2) is 194 Å². The van der Waals surface area contributed by atoms with Gasteiger partial charge in [0.1, 0.15) is 0 Å². The summed E-state index contributed by atoms with van der Waals surface area (Å²) in [6.07, 6.45) is 3.69. The van der Waals surface area contributed by atoms with Crippen LogP contribution in [0.1, 0.15) is 0 Å². The fourth-order valence-electron chi connectivity index (χ4n) is 8.17. The second-order valence-electron chi connectivity index (χ2n) is 13.1. The van der Waals surface area contributed by atoms with Crippen molar-refractivity contribution in [2.45, 2.75) is 0 Å². The molecule has 1 aliphatic rings. The van der Waals surface area contributed by atoms with Crippen LogP contribution in [0.5, 0.6) is 0 Å². The normalized spacial score (nSPS) is 11.5. The van der Waals surface area contributed by atoms with E-state index in [0.29, 0.717) is 0 Å². The lowest BCUT2D eigenvalue weighted by atomic mass is 9.82. The van der Waals surface area contributed by atoms with Crippen molar-refractivity contribution in [3.05, 3.63) is 194 Å². The summed E-state index contributed by atoms with van der Waals surface area (Å²) in [6.45, 7) is 0. The Balaban J connectivity index is 1.19. The van der Waals surface area contributed by atoms with Crippen molar-refractivity contribution in [2.24, 2.45) is 0 Å². The van der Waals surface area contributed by atoms with Gasteiger partial charge in [0.25, 0.3) is 0 Å². The summed E-state index contributed by atoms with van der Waals surface area (Å²) in [5.74, 6) is 0. The Morgan fingerprint density at radius 3 is 1.37 bits per heavy atom. The highest BCUT2D eigenvalue weighted by Gasteiger charge is 2.31. The van der Waals surface area contributed by atoms with Gasteiger partial charge in [-0.15, -0.1) is 0 Å². The average molecular weight is 649 g/mol. The largest absolute Gasteiger partial charge is 0.310 e. The molecule has 9 aromatic rings. The number of benzene rings is 8. The Kier molecular flexibility index (Phi) is 6.85. The molecule has 0 spiro atoms. The molecule has 0 radical (unpaired) electrons. The van der Waals surface area contributed by atoms with Crippen LogP contribution in [0, 0.1) is 0 Å². The van der Waals surface area contributed by atoms with Crippen molar-refractivity contribution in [1.29, 1.82) is 0 Å². The zero-order valence-corrected chi connectivity index (χ0v) is 27.9. The molecule has 0 N–H and O–H groups in total. The van der Waals surface area contributed by atoms with Gasteiger partial charge in [0.15, 0.2) is 0 Å². The van der Waals surface area contributed by atoms with Crippen LogP contribution >= 0.6 is 0 Å². The zero-order chi connectivity index (χ0) is 33.7. The maximum Gasteiger partial charge on any atom is 0.0492 e. The van der Waals surface area contributed by atoms with Crippen LogP contribution in [0.25, 0.3) is 77.2 Å². The Hall–Kier alpha value is -6.77. The van der Waals surface area contributed by atoms with Crippen LogP contribution < -0.4 is 4.90 Å². The van der Waals surface area contributed by atoms with E-state index in [1.165, 1.54) is 77.2 Å². The van der Waals surface area contributed by atoms with Gasteiger partial charge in [-0.1, -0.05) is 146 Å². The number of fused-ring (bicyclic) bond motifs is 4. The van der Waals surface area contributed by atoms with Crippen LogP contribution in [0.4, 0.5) is 17.1 Å². The van der Waals surface area contributed by atoms with Crippen molar-refractivity contribution in [1.82, 2.24) is 4.98 Å². The molecule has 1 heterocycles. The van der Waals surface area contributed by atoms with Crippen molar-refractivity contribution in [3.63, 3.8) is 0 Å². The lowest BCUT2D eigenvalue weighted by Crippen LogP contribution is -2.09. The fourth-order valence-corrected chi connectivity index (χ4v) is 8.17. The van der Waals surface area contributed by atoms with Gasteiger partial charge in [0, 0.05) is 29.5 Å². The van der Waals surface area contributed by atoms with Gasteiger partial charge < -0.3 is 4.90 Å². The smallest absolute Gasteiger partial charge is 0.0492 e. The Bertz CT molecular complexity index is 2570. The SMILES string of the molecule is c1ccc(-c2c3c(c(-c4ccccc4)c4ccccc24)-c2ccc(-c4ccc(N(c5ccccc5)c5ccncc5)cc4)c4cccc-3c24)cc1. The van der Waals surface area contributed by atoms with Crippen molar-refractivity contribution in [2.75, 3.05) is 4.90 Å². The summed E-state index contributed by atoms with van der Waals surface area (Å²) >= 11 is 0. The summed E-state index contributed by atoms with van der Waals surface area (Å²) in [5, 5.41) is 5.14. The van der Waals surface area contributed by atoms with Crippen molar-refractivity contribution >= 4 is 38.6 Å². The highest BCUT2D eigenvalue weighted by molar-refractivity contribution is 6.28. The van der Waals surface area contributed by atoms with E-state index in [1.54, 1.807) is 0 Å². The highest BCUT2D eigenvalue weighted by Crippen LogP contribution is 2.58. The first-order valence-electron chi connectivity index (χ1n) is 17.5. The molecule has 2 nitrogen and oxygen atoms in total. The third-order valence-electron chi connectivity index (χ3n) is 10.3. The zero-order valence-electron chi connectivity index (χ0n) is 27.9.